The van der Waals surface area contributed by atoms with Gasteiger partial charge >= 0.3 is 6.03 Å². The molecule has 1 aromatic carbocycles. The summed E-state index contributed by atoms with van der Waals surface area (Å²) in [5, 5.41) is 10.6. The third-order valence-corrected chi connectivity index (χ3v) is 1.46. The molecule has 5 heteroatoms. The second-order valence-electron chi connectivity index (χ2n) is 2.27. The Morgan fingerprint density at radius 3 is 2.77 bits per heavy atom. The summed E-state index contributed by atoms with van der Waals surface area (Å²) in [6.45, 7) is 0. The summed E-state index contributed by atoms with van der Waals surface area (Å²) in [6, 6.07) is 6.18. The van der Waals surface area contributed by atoms with Gasteiger partial charge in [-0.1, -0.05) is 12.1 Å². The van der Waals surface area contributed by atoms with Crippen molar-refractivity contribution in [2.75, 3.05) is 12.4 Å². The van der Waals surface area contributed by atoms with Crippen molar-refractivity contribution in [3.63, 3.8) is 0 Å². The zero-order valence-electron chi connectivity index (χ0n) is 7.07. The molecular formula is C8H10N2O3. The Labute approximate surface area is 75.3 Å². The third kappa shape index (κ3) is 2.34. The van der Waals surface area contributed by atoms with Crippen LogP contribution in [0.15, 0.2) is 24.3 Å². The quantitative estimate of drug-likeness (QED) is 0.475. The van der Waals surface area contributed by atoms with Crippen LogP contribution in [0.3, 0.4) is 0 Å². The summed E-state index contributed by atoms with van der Waals surface area (Å²) in [4.78, 5) is 10.7. The van der Waals surface area contributed by atoms with Crippen molar-refractivity contribution in [3.05, 3.63) is 24.3 Å². The van der Waals surface area contributed by atoms with Gasteiger partial charge in [-0.15, -0.1) is 0 Å². The van der Waals surface area contributed by atoms with Gasteiger partial charge in [-0.25, -0.2) is 10.3 Å². The van der Waals surface area contributed by atoms with Crippen molar-refractivity contribution in [2.45, 2.75) is 0 Å². The van der Waals surface area contributed by atoms with Crippen LogP contribution in [0.4, 0.5) is 10.5 Å². The first-order valence-electron chi connectivity index (χ1n) is 3.62. The minimum absolute atomic E-state index is 0.497. The number of benzene rings is 1. The molecule has 0 aliphatic heterocycles. The fourth-order valence-electron chi connectivity index (χ4n) is 0.898. The fraction of sp³-hybridized carbons (Fsp3) is 0.125. The maximum Gasteiger partial charge on any atom is 0.343 e. The molecule has 70 valence electrons. The van der Waals surface area contributed by atoms with Crippen LogP contribution in [0.25, 0.3) is 0 Å². The van der Waals surface area contributed by atoms with E-state index in [9.17, 15) is 4.79 Å². The molecule has 13 heavy (non-hydrogen) atoms. The van der Waals surface area contributed by atoms with E-state index in [4.69, 9.17) is 9.94 Å². The van der Waals surface area contributed by atoms with E-state index < -0.39 is 6.03 Å². The Bertz CT molecular complexity index is 301. The van der Waals surface area contributed by atoms with E-state index >= 15 is 0 Å². The standard InChI is InChI=1S/C8H10N2O3/c1-13-7-5-3-2-4-6(7)9-8(11)10-12/h2-5,12H,1H3,(H2,9,10,11). The molecule has 1 aromatic rings. The lowest BCUT2D eigenvalue weighted by Crippen LogP contribution is -2.25. The molecule has 1 rings (SSSR count). The van der Waals surface area contributed by atoms with Crippen molar-refractivity contribution in [1.29, 1.82) is 0 Å². The summed E-state index contributed by atoms with van der Waals surface area (Å²) >= 11 is 0. The molecule has 0 bridgehead atoms. The first-order chi connectivity index (χ1) is 6.27. The lowest BCUT2D eigenvalue weighted by atomic mass is 10.3. The summed E-state index contributed by atoms with van der Waals surface area (Å²) < 4.78 is 4.97. The van der Waals surface area contributed by atoms with Gasteiger partial charge in [0.1, 0.15) is 5.75 Å². The Hall–Kier alpha value is -1.75. The van der Waals surface area contributed by atoms with Crippen molar-refractivity contribution in [2.24, 2.45) is 0 Å². The van der Waals surface area contributed by atoms with E-state index in [1.54, 1.807) is 24.3 Å². The largest absolute Gasteiger partial charge is 0.495 e. The lowest BCUT2D eigenvalue weighted by molar-refractivity contribution is 0.172. The Morgan fingerprint density at radius 1 is 1.46 bits per heavy atom. The highest BCUT2D eigenvalue weighted by Crippen LogP contribution is 2.22. The molecule has 0 radical (unpaired) electrons. The van der Waals surface area contributed by atoms with Crippen LogP contribution in [-0.2, 0) is 0 Å². The molecule has 0 saturated carbocycles. The van der Waals surface area contributed by atoms with Crippen LogP contribution in [0.5, 0.6) is 5.75 Å². The van der Waals surface area contributed by atoms with Gasteiger partial charge in [0.15, 0.2) is 0 Å². The van der Waals surface area contributed by atoms with Gasteiger partial charge in [-0.2, -0.15) is 0 Å². The molecule has 0 aliphatic rings. The van der Waals surface area contributed by atoms with Crippen molar-refractivity contribution < 1.29 is 14.7 Å². The second-order valence-corrected chi connectivity index (χ2v) is 2.27. The number of nitrogens with one attached hydrogen (secondary N) is 2. The van der Waals surface area contributed by atoms with E-state index in [0.717, 1.165) is 0 Å². The fourth-order valence-corrected chi connectivity index (χ4v) is 0.898. The van der Waals surface area contributed by atoms with Crippen LogP contribution in [0.1, 0.15) is 0 Å². The Morgan fingerprint density at radius 2 is 2.15 bits per heavy atom. The molecule has 5 nitrogen and oxygen atoms in total. The minimum atomic E-state index is -0.704. The van der Waals surface area contributed by atoms with E-state index in [2.05, 4.69) is 5.32 Å². The number of carbonyl (C=O) groups is 1. The number of hydrogen-bond donors (Lipinski definition) is 3. The van der Waals surface area contributed by atoms with Gasteiger partial charge in [0.2, 0.25) is 0 Å². The highest BCUT2D eigenvalue weighted by atomic mass is 16.5. The molecule has 3 N–H and O–H groups in total. The number of amides is 2. The summed E-state index contributed by atoms with van der Waals surface area (Å²) in [5.41, 5.74) is 1.96. The van der Waals surface area contributed by atoms with E-state index in [0.29, 0.717) is 11.4 Å². The van der Waals surface area contributed by atoms with Crippen LogP contribution >= 0.6 is 0 Å². The number of urea groups is 1. The topological polar surface area (TPSA) is 70.6 Å². The zero-order valence-corrected chi connectivity index (χ0v) is 7.07. The first-order valence-corrected chi connectivity index (χ1v) is 3.62. The van der Waals surface area contributed by atoms with Gasteiger partial charge in [0.05, 0.1) is 12.8 Å². The van der Waals surface area contributed by atoms with Crippen LogP contribution < -0.4 is 15.5 Å². The van der Waals surface area contributed by atoms with Crippen LogP contribution in [-0.4, -0.2) is 18.3 Å². The lowest BCUT2D eigenvalue weighted by Gasteiger charge is -2.08. The highest BCUT2D eigenvalue weighted by Gasteiger charge is 2.04. The predicted molar refractivity (Wildman–Crippen MR) is 46.9 cm³/mol. The van der Waals surface area contributed by atoms with Crippen molar-refractivity contribution in [3.8, 4) is 5.75 Å². The van der Waals surface area contributed by atoms with Crippen LogP contribution in [0, 0.1) is 0 Å². The molecule has 0 saturated heterocycles. The monoisotopic (exact) mass is 182 g/mol. The van der Waals surface area contributed by atoms with Gasteiger partial charge in [0, 0.05) is 0 Å². The summed E-state index contributed by atoms with van der Waals surface area (Å²) in [6.07, 6.45) is 0. The smallest absolute Gasteiger partial charge is 0.343 e. The van der Waals surface area contributed by atoms with E-state index in [1.807, 2.05) is 0 Å². The normalized spacial score (nSPS) is 9.08. The number of anilines is 1. The maximum atomic E-state index is 10.7. The number of methoxy groups -OCH3 is 1. The average molecular weight is 182 g/mol. The molecule has 0 spiro atoms. The van der Waals surface area contributed by atoms with Gasteiger partial charge < -0.3 is 10.1 Å². The Kier molecular flexibility index (Phi) is 3.10. The first kappa shape index (κ1) is 9.34. The SMILES string of the molecule is COc1ccccc1NC(=O)NO. The number of carbonyl (C=O) groups excluding carboxylic acids is 1. The van der Waals surface area contributed by atoms with Crippen molar-refractivity contribution >= 4 is 11.7 Å². The van der Waals surface area contributed by atoms with Gasteiger partial charge in [0.25, 0.3) is 0 Å². The minimum Gasteiger partial charge on any atom is -0.495 e. The second kappa shape index (κ2) is 4.32. The highest BCUT2D eigenvalue weighted by molar-refractivity contribution is 5.90. The number of para-hydroxylation sites is 2. The number of hydrogen-bond acceptors (Lipinski definition) is 3. The predicted octanol–water partition coefficient (Wildman–Crippen LogP) is 1.21. The molecule has 0 atom stereocenters. The number of ether oxygens (including phenoxy) is 1. The maximum absolute atomic E-state index is 10.7. The average Bonchev–Trinajstić information content (AvgIpc) is 2.18. The molecule has 0 aromatic heterocycles. The molecular weight excluding hydrogens is 172 g/mol. The van der Waals surface area contributed by atoms with Crippen molar-refractivity contribution in [1.82, 2.24) is 5.48 Å². The van der Waals surface area contributed by atoms with E-state index in [-0.39, 0.29) is 0 Å². The molecule has 2 amide bonds. The number of rotatable bonds is 2. The molecule has 0 aliphatic carbocycles. The number of hydroxylamine groups is 1. The van der Waals surface area contributed by atoms with Gasteiger partial charge in [-0.3, -0.25) is 5.21 Å². The summed E-state index contributed by atoms with van der Waals surface area (Å²) in [5.74, 6) is 0.533. The molecule has 0 unspecified atom stereocenters. The molecule has 0 fully saturated rings. The van der Waals surface area contributed by atoms with E-state index in [1.165, 1.54) is 12.6 Å². The summed E-state index contributed by atoms with van der Waals surface area (Å²) in [7, 11) is 1.50. The third-order valence-electron chi connectivity index (χ3n) is 1.46. The Balaban J connectivity index is 2.81. The zero-order chi connectivity index (χ0) is 9.68. The van der Waals surface area contributed by atoms with Gasteiger partial charge in [-0.05, 0) is 12.1 Å². The molecule has 0 heterocycles. The van der Waals surface area contributed by atoms with Crippen LogP contribution in [0.2, 0.25) is 0 Å².